The van der Waals surface area contributed by atoms with E-state index in [0.717, 1.165) is 12.4 Å². The second-order valence-electron chi connectivity index (χ2n) is 3.82. The molecule has 1 rings (SSSR count). The lowest BCUT2D eigenvalue weighted by Crippen LogP contribution is -2.34. The Morgan fingerprint density at radius 2 is 2.18 bits per heavy atom. The largest absolute Gasteiger partial charge is 0.383 e. The minimum Gasteiger partial charge on any atom is -0.383 e. The Kier molecular flexibility index (Phi) is 6.02. The van der Waals surface area contributed by atoms with Crippen LogP contribution < -0.4 is 4.90 Å². The first-order valence-corrected chi connectivity index (χ1v) is 7.03. The van der Waals surface area contributed by atoms with Gasteiger partial charge >= 0.3 is 0 Å². The van der Waals surface area contributed by atoms with Crippen molar-refractivity contribution in [3.05, 3.63) is 11.2 Å². The molecule has 0 fully saturated rings. The first-order valence-electron chi connectivity index (χ1n) is 5.42. The second-order valence-corrected chi connectivity index (χ2v) is 4.98. The molecule has 0 aliphatic heterocycles. The Morgan fingerprint density at radius 1 is 1.47 bits per heavy atom. The Hall–Kier alpha value is -0.520. The molecule has 0 radical (unpaired) electrons. The number of rotatable bonds is 6. The number of halogens is 1. The minimum absolute atomic E-state index is 0.339. The number of aromatic nitrogens is 2. The molecule has 1 aromatic heterocycles. The van der Waals surface area contributed by atoms with Crippen LogP contribution in [0.5, 0.6) is 0 Å². The SMILES string of the molecule is COCCN(c1cc(Cl)nc(SC)n1)C(C)C. The van der Waals surface area contributed by atoms with Gasteiger partial charge in [-0.1, -0.05) is 23.4 Å². The highest BCUT2D eigenvalue weighted by Crippen LogP contribution is 2.21. The number of thioether (sulfide) groups is 1. The van der Waals surface area contributed by atoms with Gasteiger partial charge in [0.25, 0.3) is 0 Å². The van der Waals surface area contributed by atoms with E-state index in [1.807, 2.05) is 6.26 Å². The van der Waals surface area contributed by atoms with Crippen molar-refractivity contribution in [1.82, 2.24) is 9.97 Å². The van der Waals surface area contributed by atoms with Crippen LogP contribution in [0.2, 0.25) is 5.15 Å². The van der Waals surface area contributed by atoms with Crippen molar-refractivity contribution in [2.75, 3.05) is 31.4 Å². The molecule has 0 aliphatic carbocycles. The third-order valence-electron chi connectivity index (χ3n) is 2.30. The summed E-state index contributed by atoms with van der Waals surface area (Å²) >= 11 is 7.47. The third-order valence-corrected chi connectivity index (χ3v) is 3.04. The summed E-state index contributed by atoms with van der Waals surface area (Å²) in [7, 11) is 1.69. The first kappa shape index (κ1) is 14.5. The van der Waals surface area contributed by atoms with Crippen molar-refractivity contribution in [3.8, 4) is 0 Å². The van der Waals surface area contributed by atoms with E-state index in [9.17, 15) is 0 Å². The van der Waals surface area contributed by atoms with E-state index in [1.54, 1.807) is 13.2 Å². The molecule has 0 saturated carbocycles. The van der Waals surface area contributed by atoms with Crippen molar-refractivity contribution in [1.29, 1.82) is 0 Å². The maximum Gasteiger partial charge on any atom is 0.190 e. The molecule has 0 aliphatic rings. The monoisotopic (exact) mass is 275 g/mol. The fraction of sp³-hybridized carbons (Fsp3) is 0.636. The molecule has 1 aromatic rings. The Morgan fingerprint density at radius 3 is 2.71 bits per heavy atom. The van der Waals surface area contributed by atoms with Crippen LogP contribution in [0.4, 0.5) is 5.82 Å². The summed E-state index contributed by atoms with van der Waals surface area (Å²) in [5.41, 5.74) is 0. The zero-order valence-electron chi connectivity index (χ0n) is 10.6. The summed E-state index contributed by atoms with van der Waals surface area (Å²) in [5.74, 6) is 0.849. The summed E-state index contributed by atoms with van der Waals surface area (Å²) in [6.07, 6.45) is 1.93. The molecule has 96 valence electrons. The summed E-state index contributed by atoms with van der Waals surface area (Å²) < 4.78 is 5.11. The molecule has 6 heteroatoms. The molecular weight excluding hydrogens is 258 g/mol. The van der Waals surface area contributed by atoms with Gasteiger partial charge in [0, 0.05) is 25.8 Å². The molecule has 0 atom stereocenters. The highest BCUT2D eigenvalue weighted by atomic mass is 35.5. The standard InChI is InChI=1S/C11H18ClN3OS/c1-8(2)15(5-6-16-3)10-7-9(12)13-11(14-10)17-4/h7-8H,5-6H2,1-4H3. The zero-order chi connectivity index (χ0) is 12.8. The van der Waals surface area contributed by atoms with E-state index in [4.69, 9.17) is 16.3 Å². The molecule has 0 spiro atoms. The molecule has 0 bridgehead atoms. The number of anilines is 1. The van der Waals surface area contributed by atoms with Crippen LogP contribution in [0.25, 0.3) is 0 Å². The van der Waals surface area contributed by atoms with Crippen LogP contribution in [0.15, 0.2) is 11.2 Å². The van der Waals surface area contributed by atoms with E-state index in [1.165, 1.54) is 11.8 Å². The number of ether oxygens (including phenoxy) is 1. The molecular formula is C11H18ClN3OS. The number of hydrogen-bond acceptors (Lipinski definition) is 5. The Labute approximate surface area is 112 Å². The Bertz CT molecular complexity index is 363. The van der Waals surface area contributed by atoms with Gasteiger partial charge in [-0.15, -0.1) is 0 Å². The quantitative estimate of drug-likeness (QED) is 0.453. The smallest absolute Gasteiger partial charge is 0.190 e. The maximum absolute atomic E-state index is 5.99. The molecule has 0 N–H and O–H groups in total. The summed E-state index contributed by atoms with van der Waals surface area (Å²) in [6.45, 7) is 5.68. The lowest BCUT2D eigenvalue weighted by Gasteiger charge is -2.27. The Balaban J connectivity index is 2.96. The van der Waals surface area contributed by atoms with Gasteiger partial charge in [-0.25, -0.2) is 9.97 Å². The van der Waals surface area contributed by atoms with Crippen molar-refractivity contribution in [2.24, 2.45) is 0 Å². The van der Waals surface area contributed by atoms with E-state index in [2.05, 4.69) is 28.7 Å². The fourth-order valence-electron chi connectivity index (χ4n) is 1.45. The molecule has 1 heterocycles. The van der Waals surface area contributed by atoms with E-state index >= 15 is 0 Å². The maximum atomic E-state index is 5.99. The van der Waals surface area contributed by atoms with E-state index < -0.39 is 0 Å². The fourth-order valence-corrected chi connectivity index (χ4v) is 2.05. The summed E-state index contributed by atoms with van der Waals surface area (Å²) in [5, 5.41) is 1.16. The second kappa shape index (κ2) is 7.03. The molecule has 0 aromatic carbocycles. The van der Waals surface area contributed by atoms with E-state index in [-0.39, 0.29) is 0 Å². The molecule has 4 nitrogen and oxygen atoms in total. The number of nitrogens with zero attached hydrogens (tertiary/aromatic N) is 3. The van der Waals surface area contributed by atoms with Crippen molar-refractivity contribution in [2.45, 2.75) is 25.0 Å². The van der Waals surface area contributed by atoms with Gasteiger partial charge in [0.1, 0.15) is 11.0 Å². The van der Waals surface area contributed by atoms with Gasteiger partial charge in [0.2, 0.25) is 0 Å². The van der Waals surface area contributed by atoms with Gasteiger partial charge in [0.15, 0.2) is 5.16 Å². The third kappa shape index (κ3) is 4.33. The van der Waals surface area contributed by atoms with Crippen LogP contribution in [-0.4, -0.2) is 42.5 Å². The lowest BCUT2D eigenvalue weighted by molar-refractivity contribution is 0.203. The predicted molar refractivity (Wildman–Crippen MR) is 73.2 cm³/mol. The van der Waals surface area contributed by atoms with E-state index in [0.29, 0.717) is 23.0 Å². The van der Waals surface area contributed by atoms with Crippen LogP contribution in [0, 0.1) is 0 Å². The van der Waals surface area contributed by atoms with Crippen LogP contribution in [0.1, 0.15) is 13.8 Å². The topological polar surface area (TPSA) is 38.2 Å². The molecule has 0 saturated heterocycles. The highest BCUT2D eigenvalue weighted by molar-refractivity contribution is 7.98. The normalized spacial score (nSPS) is 10.9. The average Bonchev–Trinajstić information content (AvgIpc) is 2.28. The van der Waals surface area contributed by atoms with Gasteiger partial charge in [-0.05, 0) is 20.1 Å². The van der Waals surface area contributed by atoms with Gasteiger partial charge in [-0.3, -0.25) is 0 Å². The minimum atomic E-state index is 0.339. The summed E-state index contributed by atoms with van der Waals surface area (Å²) in [6, 6.07) is 2.13. The zero-order valence-corrected chi connectivity index (χ0v) is 12.2. The van der Waals surface area contributed by atoms with Crippen molar-refractivity contribution < 1.29 is 4.74 Å². The molecule has 0 unspecified atom stereocenters. The predicted octanol–water partition coefficient (Wildman–Crippen LogP) is 2.71. The lowest BCUT2D eigenvalue weighted by atomic mass is 10.3. The van der Waals surface area contributed by atoms with Gasteiger partial charge < -0.3 is 9.64 Å². The van der Waals surface area contributed by atoms with Gasteiger partial charge in [0.05, 0.1) is 6.61 Å². The first-order chi connectivity index (χ1) is 8.08. The number of hydrogen-bond donors (Lipinski definition) is 0. The van der Waals surface area contributed by atoms with Crippen LogP contribution in [-0.2, 0) is 4.74 Å². The average molecular weight is 276 g/mol. The molecule has 0 amide bonds. The van der Waals surface area contributed by atoms with Gasteiger partial charge in [-0.2, -0.15) is 0 Å². The summed E-state index contributed by atoms with van der Waals surface area (Å²) in [4.78, 5) is 10.7. The highest BCUT2D eigenvalue weighted by Gasteiger charge is 2.13. The van der Waals surface area contributed by atoms with Crippen LogP contribution in [0.3, 0.4) is 0 Å². The molecule has 17 heavy (non-hydrogen) atoms. The van der Waals surface area contributed by atoms with Crippen molar-refractivity contribution in [3.63, 3.8) is 0 Å². The van der Waals surface area contributed by atoms with Crippen molar-refractivity contribution >= 4 is 29.2 Å². The van der Waals surface area contributed by atoms with Crippen LogP contribution >= 0.6 is 23.4 Å². The number of methoxy groups -OCH3 is 1.